The molecular formula is C15H9F3N2O3. The molecule has 8 heteroatoms. The average Bonchev–Trinajstić information content (AvgIpc) is 2.51. The number of benzene rings is 2. The van der Waals surface area contributed by atoms with Crippen molar-refractivity contribution in [2.75, 3.05) is 5.32 Å². The van der Waals surface area contributed by atoms with E-state index in [0.717, 1.165) is 6.08 Å². The Morgan fingerprint density at radius 1 is 1.04 bits per heavy atom. The van der Waals surface area contributed by atoms with Gasteiger partial charge in [0.15, 0.2) is 11.6 Å². The van der Waals surface area contributed by atoms with E-state index in [0.29, 0.717) is 17.7 Å². The van der Waals surface area contributed by atoms with Crippen LogP contribution in [0.15, 0.2) is 42.5 Å². The van der Waals surface area contributed by atoms with Gasteiger partial charge in [0.1, 0.15) is 5.82 Å². The monoisotopic (exact) mass is 322 g/mol. The molecule has 1 N–H and O–H groups in total. The molecule has 0 saturated heterocycles. The second-order valence-corrected chi connectivity index (χ2v) is 4.42. The zero-order valence-electron chi connectivity index (χ0n) is 11.4. The predicted octanol–water partition coefficient (Wildman–Crippen LogP) is 3.66. The smallest absolute Gasteiger partial charge is 0.269 e. The molecule has 2 aromatic carbocycles. The molecule has 5 nitrogen and oxygen atoms in total. The van der Waals surface area contributed by atoms with E-state index in [1.807, 2.05) is 0 Å². The minimum absolute atomic E-state index is 0.101. The Hall–Kier alpha value is -3.16. The number of halogens is 3. The van der Waals surface area contributed by atoms with E-state index in [-0.39, 0.29) is 5.69 Å². The fraction of sp³-hybridized carbons (Fsp3) is 0. The highest BCUT2D eigenvalue weighted by Crippen LogP contribution is 2.18. The van der Waals surface area contributed by atoms with Gasteiger partial charge in [0.05, 0.1) is 10.6 Å². The molecule has 0 heterocycles. The van der Waals surface area contributed by atoms with Gasteiger partial charge in [0.2, 0.25) is 5.91 Å². The molecule has 2 rings (SSSR count). The molecule has 118 valence electrons. The second kappa shape index (κ2) is 6.73. The zero-order chi connectivity index (χ0) is 17.0. The number of nitro groups is 1. The standard InChI is InChI=1S/C15H9F3N2O3/c16-11-7-13(18)14(8-12(11)17)19-15(21)6-3-9-1-4-10(5-2-9)20(22)23/h1-8H,(H,19,21)/b6-3+. The minimum Gasteiger partial charge on any atom is -0.320 e. The van der Waals surface area contributed by atoms with Crippen LogP contribution in [0.3, 0.4) is 0 Å². The van der Waals surface area contributed by atoms with Crippen LogP contribution < -0.4 is 5.32 Å². The second-order valence-electron chi connectivity index (χ2n) is 4.42. The molecule has 23 heavy (non-hydrogen) atoms. The third-order valence-corrected chi connectivity index (χ3v) is 2.80. The molecule has 1 amide bonds. The summed E-state index contributed by atoms with van der Waals surface area (Å²) in [7, 11) is 0. The van der Waals surface area contributed by atoms with E-state index in [9.17, 15) is 28.1 Å². The average molecular weight is 322 g/mol. The number of carbonyl (C=O) groups is 1. The Labute approximate surface area is 128 Å². The van der Waals surface area contributed by atoms with Crippen molar-refractivity contribution >= 4 is 23.4 Å². The Kier molecular flexibility index (Phi) is 4.75. The molecule has 0 atom stereocenters. The lowest BCUT2D eigenvalue weighted by Crippen LogP contribution is -2.10. The quantitative estimate of drug-likeness (QED) is 0.404. The van der Waals surface area contributed by atoms with Crippen LogP contribution in [0.1, 0.15) is 5.56 Å². The fourth-order valence-electron chi connectivity index (χ4n) is 1.67. The number of anilines is 1. The molecule has 2 aromatic rings. The highest BCUT2D eigenvalue weighted by Gasteiger charge is 2.11. The summed E-state index contributed by atoms with van der Waals surface area (Å²) in [5.74, 6) is -4.53. The number of nitro benzene ring substituents is 1. The first-order valence-electron chi connectivity index (χ1n) is 6.25. The molecule has 0 bridgehead atoms. The summed E-state index contributed by atoms with van der Waals surface area (Å²) in [6.45, 7) is 0. The van der Waals surface area contributed by atoms with Gasteiger partial charge in [-0.2, -0.15) is 0 Å². The predicted molar refractivity (Wildman–Crippen MR) is 77.1 cm³/mol. The summed E-state index contributed by atoms with van der Waals surface area (Å²) in [6.07, 6.45) is 2.36. The number of carbonyl (C=O) groups excluding carboxylic acids is 1. The molecule has 0 spiro atoms. The first kappa shape index (κ1) is 16.2. The van der Waals surface area contributed by atoms with Gasteiger partial charge in [-0.1, -0.05) is 0 Å². The molecule has 0 radical (unpaired) electrons. The van der Waals surface area contributed by atoms with Gasteiger partial charge in [-0.3, -0.25) is 14.9 Å². The molecule has 0 fully saturated rings. The molecule has 0 aliphatic rings. The number of nitrogens with zero attached hydrogens (tertiary/aromatic N) is 1. The van der Waals surface area contributed by atoms with Crippen LogP contribution in [0.25, 0.3) is 6.08 Å². The van der Waals surface area contributed by atoms with Crippen LogP contribution in [0.4, 0.5) is 24.5 Å². The van der Waals surface area contributed by atoms with E-state index >= 15 is 0 Å². The SMILES string of the molecule is O=C(/C=C/c1ccc([N+](=O)[O-])cc1)Nc1cc(F)c(F)cc1F. The number of non-ortho nitro benzene ring substituents is 1. The summed E-state index contributed by atoms with van der Waals surface area (Å²) in [6, 6.07) is 6.20. The zero-order valence-corrected chi connectivity index (χ0v) is 11.4. The molecule has 0 aliphatic heterocycles. The molecule has 0 unspecified atom stereocenters. The van der Waals surface area contributed by atoms with Crippen molar-refractivity contribution in [1.29, 1.82) is 0 Å². The highest BCUT2D eigenvalue weighted by atomic mass is 19.2. The van der Waals surface area contributed by atoms with Crippen LogP contribution in [0.2, 0.25) is 0 Å². The van der Waals surface area contributed by atoms with Crippen LogP contribution in [-0.2, 0) is 4.79 Å². The molecule has 0 saturated carbocycles. The largest absolute Gasteiger partial charge is 0.320 e. The first-order valence-corrected chi connectivity index (χ1v) is 6.25. The lowest BCUT2D eigenvalue weighted by atomic mass is 10.2. The normalized spacial score (nSPS) is 10.7. The summed E-state index contributed by atoms with van der Waals surface area (Å²) in [5.41, 5.74) is -0.103. The lowest BCUT2D eigenvalue weighted by Gasteiger charge is -2.04. The van der Waals surface area contributed by atoms with E-state index in [4.69, 9.17) is 0 Å². The summed E-state index contributed by atoms with van der Waals surface area (Å²) in [4.78, 5) is 21.6. The van der Waals surface area contributed by atoms with Crippen LogP contribution in [0.5, 0.6) is 0 Å². The molecular weight excluding hydrogens is 313 g/mol. The van der Waals surface area contributed by atoms with Crippen molar-refractivity contribution in [3.8, 4) is 0 Å². The number of rotatable bonds is 4. The van der Waals surface area contributed by atoms with Gasteiger partial charge in [-0.15, -0.1) is 0 Å². The first-order chi connectivity index (χ1) is 10.9. The Bertz CT molecular complexity index is 789. The third-order valence-electron chi connectivity index (χ3n) is 2.80. The van der Waals surface area contributed by atoms with Crippen molar-refractivity contribution in [2.24, 2.45) is 0 Å². The van der Waals surface area contributed by atoms with Crippen LogP contribution in [0, 0.1) is 27.6 Å². The Morgan fingerprint density at radius 2 is 1.65 bits per heavy atom. The highest BCUT2D eigenvalue weighted by molar-refractivity contribution is 6.02. The number of nitrogens with one attached hydrogen (secondary N) is 1. The van der Waals surface area contributed by atoms with Crippen molar-refractivity contribution in [3.63, 3.8) is 0 Å². The van der Waals surface area contributed by atoms with E-state index in [1.165, 1.54) is 30.3 Å². The number of hydrogen-bond donors (Lipinski definition) is 1. The van der Waals surface area contributed by atoms with Gasteiger partial charge >= 0.3 is 0 Å². The van der Waals surface area contributed by atoms with Gasteiger partial charge in [0, 0.05) is 30.3 Å². The maximum Gasteiger partial charge on any atom is 0.269 e. The lowest BCUT2D eigenvalue weighted by molar-refractivity contribution is -0.384. The number of amides is 1. The minimum atomic E-state index is -1.36. The number of hydrogen-bond acceptors (Lipinski definition) is 3. The van der Waals surface area contributed by atoms with Crippen molar-refractivity contribution in [3.05, 3.63) is 75.6 Å². The van der Waals surface area contributed by atoms with E-state index < -0.39 is 34.0 Å². The van der Waals surface area contributed by atoms with E-state index in [2.05, 4.69) is 5.32 Å². The van der Waals surface area contributed by atoms with E-state index in [1.54, 1.807) is 0 Å². The van der Waals surface area contributed by atoms with Crippen molar-refractivity contribution in [2.45, 2.75) is 0 Å². The molecule has 0 aliphatic carbocycles. The fourth-order valence-corrected chi connectivity index (χ4v) is 1.67. The van der Waals surface area contributed by atoms with Gasteiger partial charge < -0.3 is 5.32 Å². The molecule has 0 aromatic heterocycles. The van der Waals surface area contributed by atoms with Crippen molar-refractivity contribution in [1.82, 2.24) is 0 Å². The maximum atomic E-state index is 13.4. The topological polar surface area (TPSA) is 72.2 Å². The maximum absolute atomic E-state index is 13.4. The van der Waals surface area contributed by atoms with Gasteiger partial charge in [-0.25, -0.2) is 13.2 Å². The van der Waals surface area contributed by atoms with Crippen molar-refractivity contribution < 1.29 is 22.9 Å². The Balaban J connectivity index is 2.07. The summed E-state index contributed by atoms with van der Waals surface area (Å²) >= 11 is 0. The Morgan fingerprint density at radius 3 is 2.26 bits per heavy atom. The van der Waals surface area contributed by atoms with Gasteiger partial charge in [-0.05, 0) is 23.8 Å². The van der Waals surface area contributed by atoms with Crippen LogP contribution in [-0.4, -0.2) is 10.8 Å². The van der Waals surface area contributed by atoms with Gasteiger partial charge in [0.25, 0.3) is 5.69 Å². The summed E-state index contributed by atoms with van der Waals surface area (Å²) < 4.78 is 39.1. The third kappa shape index (κ3) is 4.16. The summed E-state index contributed by atoms with van der Waals surface area (Å²) in [5, 5.41) is 12.6. The van der Waals surface area contributed by atoms with Crippen LogP contribution >= 0.6 is 0 Å².